The number of H-pyrrole nitrogens is 1. The van der Waals surface area contributed by atoms with E-state index in [1.165, 1.54) is 11.3 Å². The summed E-state index contributed by atoms with van der Waals surface area (Å²) in [6, 6.07) is 1.82. The van der Waals surface area contributed by atoms with Crippen molar-refractivity contribution in [1.29, 1.82) is 0 Å². The predicted molar refractivity (Wildman–Crippen MR) is 74.7 cm³/mol. The summed E-state index contributed by atoms with van der Waals surface area (Å²) in [6.07, 6.45) is 1.71. The number of hydrogen-bond donors (Lipinski definition) is 3. The van der Waals surface area contributed by atoms with Crippen molar-refractivity contribution in [1.82, 2.24) is 15.5 Å². The molecular formula is C13H14N4OS. The van der Waals surface area contributed by atoms with E-state index in [1.54, 1.807) is 6.20 Å². The Hall–Kier alpha value is -2.10. The van der Waals surface area contributed by atoms with Gasteiger partial charge in [0, 0.05) is 23.4 Å². The number of thiophene rings is 1. The SMILES string of the molecule is Cc1[nH]ncc1CNC(=O)c1sccc1C#CCN. The number of aromatic nitrogens is 2. The normalized spacial score (nSPS) is 9.79. The van der Waals surface area contributed by atoms with Gasteiger partial charge >= 0.3 is 0 Å². The summed E-state index contributed by atoms with van der Waals surface area (Å²) in [5, 5.41) is 11.4. The monoisotopic (exact) mass is 274 g/mol. The van der Waals surface area contributed by atoms with Gasteiger partial charge in [0.25, 0.3) is 5.91 Å². The molecule has 5 nitrogen and oxygen atoms in total. The van der Waals surface area contributed by atoms with Crippen molar-refractivity contribution in [3.05, 3.63) is 39.3 Å². The van der Waals surface area contributed by atoms with Crippen molar-refractivity contribution in [2.45, 2.75) is 13.5 Å². The molecule has 19 heavy (non-hydrogen) atoms. The van der Waals surface area contributed by atoms with Crippen molar-refractivity contribution < 1.29 is 4.79 Å². The van der Waals surface area contributed by atoms with Crippen LogP contribution in [-0.4, -0.2) is 22.6 Å². The third kappa shape index (κ3) is 3.22. The molecule has 1 amide bonds. The van der Waals surface area contributed by atoms with Crippen LogP contribution in [0.1, 0.15) is 26.5 Å². The quantitative estimate of drug-likeness (QED) is 0.731. The Balaban J connectivity index is 2.04. The summed E-state index contributed by atoms with van der Waals surface area (Å²) >= 11 is 1.37. The number of rotatable bonds is 3. The van der Waals surface area contributed by atoms with Crippen LogP contribution in [0.25, 0.3) is 0 Å². The maximum Gasteiger partial charge on any atom is 0.262 e. The number of nitrogens with one attached hydrogen (secondary N) is 2. The molecule has 0 aliphatic carbocycles. The van der Waals surface area contributed by atoms with Gasteiger partial charge in [-0.3, -0.25) is 9.89 Å². The van der Waals surface area contributed by atoms with Gasteiger partial charge < -0.3 is 11.1 Å². The van der Waals surface area contributed by atoms with Gasteiger partial charge in [0.2, 0.25) is 0 Å². The zero-order valence-corrected chi connectivity index (χ0v) is 11.3. The van der Waals surface area contributed by atoms with Gasteiger partial charge in [0.15, 0.2) is 0 Å². The smallest absolute Gasteiger partial charge is 0.262 e. The van der Waals surface area contributed by atoms with Crippen LogP contribution in [0.3, 0.4) is 0 Å². The summed E-state index contributed by atoms with van der Waals surface area (Å²) in [6.45, 7) is 2.64. The first-order valence-corrected chi connectivity index (χ1v) is 6.64. The Morgan fingerprint density at radius 2 is 2.47 bits per heavy atom. The molecule has 0 aliphatic heterocycles. The van der Waals surface area contributed by atoms with Crippen molar-refractivity contribution in [3.63, 3.8) is 0 Å². The molecule has 0 spiro atoms. The molecule has 0 saturated carbocycles. The van der Waals surface area contributed by atoms with E-state index in [2.05, 4.69) is 27.4 Å². The zero-order chi connectivity index (χ0) is 13.7. The van der Waals surface area contributed by atoms with Gasteiger partial charge in [-0.05, 0) is 18.4 Å². The highest BCUT2D eigenvalue weighted by Crippen LogP contribution is 2.15. The van der Waals surface area contributed by atoms with E-state index in [0.717, 1.165) is 16.8 Å². The number of aromatic amines is 1. The number of hydrogen-bond acceptors (Lipinski definition) is 4. The zero-order valence-electron chi connectivity index (χ0n) is 10.5. The van der Waals surface area contributed by atoms with Crippen LogP contribution in [0, 0.1) is 18.8 Å². The number of nitrogens with two attached hydrogens (primary N) is 1. The first kappa shape index (κ1) is 13.3. The van der Waals surface area contributed by atoms with E-state index in [4.69, 9.17) is 5.73 Å². The average Bonchev–Trinajstić information content (AvgIpc) is 3.02. The lowest BCUT2D eigenvalue weighted by atomic mass is 10.2. The van der Waals surface area contributed by atoms with Gasteiger partial charge in [-0.1, -0.05) is 11.8 Å². The van der Waals surface area contributed by atoms with Crippen LogP contribution in [0.5, 0.6) is 0 Å². The minimum absolute atomic E-state index is 0.128. The average molecular weight is 274 g/mol. The van der Waals surface area contributed by atoms with Crippen LogP contribution in [0.2, 0.25) is 0 Å². The largest absolute Gasteiger partial charge is 0.347 e. The summed E-state index contributed by atoms with van der Waals surface area (Å²) in [4.78, 5) is 12.7. The first-order valence-electron chi connectivity index (χ1n) is 5.76. The van der Waals surface area contributed by atoms with Crippen molar-refractivity contribution >= 4 is 17.2 Å². The molecule has 2 aromatic rings. The highest BCUT2D eigenvalue weighted by Gasteiger charge is 2.12. The Morgan fingerprint density at radius 3 is 3.16 bits per heavy atom. The number of amides is 1. The molecule has 4 N–H and O–H groups in total. The van der Waals surface area contributed by atoms with Crippen molar-refractivity contribution in [3.8, 4) is 11.8 Å². The minimum Gasteiger partial charge on any atom is -0.347 e. The molecule has 0 radical (unpaired) electrons. The van der Waals surface area contributed by atoms with Gasteiger partial charge in [-0.25, -0.2) is 0 Å². The van der Waals surface area contributed by atoms with E-state index in [-0.39, 0.29) is 12.5 Å². The topological polar surface area (TPSA) is 83.8 Å². The van der Waals surface area contributed by atoms with Crippen LogP contribution < -0.4 is 11.1 Å². The maximum absolute atomic E-state index is 12.1. The van der Waals surface area contributed by atoms with Gasteiger partial charge in [-0.2, -0.15) is 5.10 Å². The lowest BCUT2D eigenvalue weighted by Crippen LogP contribution is -2.22. The van der Waals surface area contributed by atoms with E-state index in [1.807, 2.05) is 18.4 Å². The predicted octanol–water partition coefficient (Wildman–Crippen LogP) is 1.02. The summed E-state index contributed by atoms with van der Waals surface area (Å²) in [7, 11) is 0. The second-order valence-corrected chi connectivity index (χ2v) is 4.79. The molecule has 0 aliphatic rings. The molecule has 2 aromatic heterocycles. The highest BCUT2D eigenvalue weighted by atomic mass is 32.1. The van der Waals surface area contributed by atoms with Crippen LogP contribution in [-0.2, 0) is 6.54 Å². The van der Waals surface area contributed by atoms with Crippen molar-refractivity contribution in [2.75, 3.05) is 6.54 Å². The van der Waals surface area contributed by atoms with Gasteiger partial charge in [-0.15, -0.1) is 11.3 Å². The Bertz CT molecular complexity index is 632. The van der Waals surface area contributed by atoms with Crippen molar-refractivity contribution in [2.24, 2.45) is 5.73 Å². The molecule has 2 rings (SSSR count). The van der Waals surface area contributed by atoms with E-state index >= 15 is 0 Å². The number of carbonyl (C=O) groups is 1. The molecule has 0 saturated heterocycles. The minimum atomic E-state index is -0.128. The molecule has 6 heteroatoms. The lowest BCUT2D eigenvalue weighted by Gasteiger charge is -2.03. The summed E-state index contributed by atoms with van der Waals surface area (Å²) in [5.74, 6) is 5.52. The summed E-state index contributed by atoms with van der Waals surface area (Å²) < 4.78 is 0. The number of carbonyl (C=O) groups excluding carboxylic acids is 1. The molecule has 0 atom stereocenters. The highest BCUT2D eigenvalue weighted by molar-refractivity contribution is 7.12. The first-order chi connectivity index (χ1) is 9.22. The second kappa shape index (κ2) is 6.18. The van der Waals surface area contributed by atoms with Gasteiger partial charge in [0.05, 0.1) is 12.7 Å². The van der Waals surface area contributed by atoms with E-state index < -0.39 is 0 Å². The summed E-state index contributed by atoms with van der Waals surface area (Å²) in [5.41, 5.74) is 7.97. The van der Waals surface area contributed by atoms with Crippen LogP contribution in [0.4, 0.5) is 0 Å². The van der Waals surface area contributed by atoms with Crippen LogP contribution in [0.15, 0.2) is 17.6 Å². The standard InChI is InChI=1S/C13H14N4OS/c1-9-11(8-16-17-9)7-15-13(18)12-10(3-2-5-14)4-6-19-12/h4,6,8H,5,7,14H2,1H3,(H,15,18)(H,16,17). The fourth-order valence-electron chi connectivity index (χ4n) is 1.54. The molecule has 2 heterocycles. The van der Waals surface area contributed by atoms with Gasteiger partial charge in [0.1, 0.15) is 4.88 Å². The molecule has 0 bridgehead atoms. The lowest BCUT2D eigenvalue weighted by molar-refractivity contribution is 0.0955. The Morgan fingerprint density at radius 1 is 1.63 bits per heavy atom. The second-order valence-electron chi connectivity index (χ2n) is 3.87. The molecule has 0 unspecified atom stereocenters. The number of nitrogens with zero attached hydrogens (tertiary/aromatic N) is 1. The number of aryl methyl sites for hydroxylation is 1. The fraction of sp³-hybridized carbons (Fsp3) is 0.231. The molecule has 0 aromatic carbocycles. The third-order valence-corrected chi connectivity index (χ3v) is 3.48. The van der Waals surface area contributed by atoms with E-state index in [0.29, 0.717) is 11.4 Å². The molecule has 98 valence electrons. The molecular weight excluding hydrogens is 260 g/mol. The van der Waals surface area contributed by atoms with E-state index in [9.17, 15) is 4.79 Å². The maximum atomic E-state index is 12.1. The molecule has 0 fully saturated rings. The Kier molecular flexibility index (Phi) is 4.34. The fourth-order valence-corrected chi connectivity index (χ4v) is 2.30. The van der Waals surface area contributed by atoms with Crippen LogP contribution >= 0.6 is 11.3 Å². The third-order valence-electron chi connectivity index (χ3n) is 2.57. The Labute approximate surface area is 115 Å².